The summed E-state index contributed by atoms with van der Waals surface area (Å²) < 4.78 is 5.22. The lowest BCUT2D eigenvalue weighted by molar-refractivity contribution is -0.139. The number of likely N-dealkylation sites (tertiary alicyclic amines) is 1. The number of ether oxygens (including phenoxy) is 1. The van der Waals surface area contributed by atoms with Gasteiger partial charge in [0.05, 0.1) is 12.7 Å². The third-order valence-corrected chi connectivity index (χ3v) is 6.50. The zero-order valence-corrected chi connectivity index (χ0v) is 20.2. The van der Waals surface area contributed by atoms with Gasteiger partial charge in [0.1, 0.15) is 11.9 Å². The first-order valence-corrected chi connectivity index (χ1v) is 12.4. The van der Waals surface area contributed by atoms with E-state index in [0.717, 1.165) is 56.7 Å². The maximum atomic E-state index is 12.4. The predicted octanol–water partition coefficient (Wildman–Crippen LogP) is 1.33. The van der Waals surface area contributed by atoms with E-state index in [1.807, 2.05) is 0 Å². The van der Waals surface area contributed by atoms with Gasteiger partial charge in [0, 0.05) is 45.5 Å². The molecule has 4 N–H and O–H groups in total. The summed E-state index contributed by atoms with van der Waals surface area (Å²) in [5.41, 5.74) is 2.39. The van der Waals surface area contributed by atoms with Crippen LogP contribution >= 0.6 is 0 Å². The average Bonchev–Trinajstić information content (AvgIpc) is 3.28. The summed E-state index contributed by atoms with van der Waals surface area (Å²) in [4.78, 5) is 32.5. The number of amides is 2. The van der Waals surface area contributed by atoms with Crippen LogP contribution in [-0.2, 0) is 22.4 Å². The van der Waals surface area contributed by atoms with Crippen molar-refractivity contribution in [2.75, 3.05) is 58.3 Å². The number of carbonyl (C=O) groups is 2. The van der Waals surface area contributed by atoms with Crippen LogP contribution < -0.4 is 10.6 Å². The number of hydrogen-bond donors (Lipinski definition) is 4. The smallest absolute Gasteiger partial charge is 0.326 e. The first kappa shape index (κ1) is 26.2. The third kappa shape index (κ3) is 8.11. The monoisotopic (exact) mass is 477 g/mol. The van der Waals surface area contributed by atoms with Crippen molar-refractivity contribution in [1.82, 2.24) is 20.1 Å². The minimum absolute atomic E-state index is 0.243. The molecule has 0 bridgehead atoms. The minimum Gasteiger partial charge on any atom is -0.480 e. The molecule has 0 aromatic carbocycles. The van der Waals surface area contributed by atoms with Crippen LogP contribution in [0.1, 0.15) is 43.4 Å². The van der Waals surface area contributed by atoms with E-state index in [2.05, 4.69) is 27.7 Å². The number of β-amino-alcohol motifs (C(OH)–C–C–N with tert-alkyl or cyclic N) is 1. The predicted molar refractivity (Wildman–Crippen MR) is 129 cm³/mol. The molecule has 34 heavy (non-hydrogen) atoms. The fourth-order valence-electron chi connectivity index (χ4n) is 4.44. The molecule has 0 unspecified atom stereocenters. The van der Waals surface area contributed by atoms with Crippen LogP contribution in [0.5, 0.6) is 0 Å². The summed E-state index contributed by atoms with van der Waals surface area (Å²) in [6.07, 6.45) is 5.39. The number of nitrogens with zero attached hydrogens (tertiary/aromatic N) is 3. The van der Waals surface area contributed by atoms with Gasteiger partial charge in [-0.15, -0.1) is 0 Å². The van der Waals surface area contributed by atoms with Gasteiger partial charge >= 0.3 is 12.0 Å². The van der Waals surface area contributed by atoms with E-state index in [1.165, 1.54) is 10.5 Å². The van der Waals surface area contributed by atoms with Crippen molar-refractivity contribution in [3.05, 3.63) is 23.4 Å². The maximum Gasteiger partial charge on any atom is 0.326 e. The molecule has 0 saturated carbocycles. The van der Waals surface area contributed by atoms with Gasteiger partial charge < -0.3 is 35.4 Å². The van der Waals surface area contributed by atoms with Gasteiger partial charge in [0.15, 0.2) is 0 Å². The second-order valence-electron chi connectivity index (χ2n) is 9.15. The number of aryl methyl sites for hydroxylation is 2. The first-order chi connectivity index (χ1) is 16.5. The van der Waals surface area contributed by atoms with E-state index >= 15 is 0 Å². The number of urea groups is 1. The Bertz CT molecular complexity index is 808. The van der Waals surface area contributed by atoms with Crippen molar-refractivity contribution in [1.29, 1.82) is 0 Å². The molecule has 1 saturated heterocycles. The highest BCUT2D eigenvalue weighted by atomic mass is 16.5. The number of unbranched alkanes of at least 4 members (excludes halogenated alkanes) is 1. The Hall–Kier alpha value is -2.43. The molecule has 2 aliphatic rings. The Morgan fingerprint density at radius 3 is 2.91 bits per heavy atom. The molecule has 0 spiro atoms. The number of rotatable bonds is 13. The molecule has 1 aromatic rings. The van der Waals surface area contributed by atoms with E-state index in [4.69, 9.17) is 9.72 Å². The quantitative estimate of drug-likeness (QED) is 0.314. The fraction of sp³-hybridized carbons (Fsp3) is 0.708. The number of nitrogens with one attached hydrogen (secondary N) is 2. The molecule has 1 aromatic heterocycles. The largest absolute Gasteiger partial charge is 0.480 e. The van der Waals surface area contributed by atoms with Crippen LogP contribution in [0.2, 0.25) is 0 Å². The number of hydrogen-bond acceptors (Lipinski definition) is 7. The van der Waals surface area contributed by atoms with Crippen molar-refractivity contribution >= 4 is 17.8 Å². The number of aliphatic hydroxyl groups is 1. The first-order valence-electron chi connectivity index (χ1n) is 12.4. The van der Waals surface area contributed by atoms with Crippen molar-refractivity contribution in [2.45, 2.75) is 57.1 Å². The van der Waals surface area contributed by atoms with E-state index in [9.17, 15) is 19.8 Å². The van der Waals surface area contributed by atoms with Crippen molar-refractivity contribution in [2.24, 2.45) is 0 Å². The summed E-state index contributed by atoms with van der Waals surface area (Å²) in [6, 6.07) is 2.90. The van der Waals surface area contributed by atoms with Crippen LogP contribution in [0.15, 0.2) is 12.1 Å². The van der Waals surface area contributed by atoms with E-state index < -0.39 is 24.1 Å². The van der Waals surface area contributed by atoms with Crippen LogP contribution in [0, 0.1) is 0 Å². The lowest BCUT2D eigenvalue weighted by atomic mass is 10.1. The number of aromatic nitrogens is 1. The van der Waals surface area contributed by atoms with Crippen molar-refractivity contribution < 1.29 is 24.5 Å². The molecule has 3 heterocycles. The van der Waals surface area contributed by atoms with Gasteiger partial charge in [-0.1, -0.05) is 6.07 Å². The number of aliphatic hydroxyl groups excluding tert-OH is 1. The number of carbonyl (C=O) groups excluding carboxylic acids is 1. The molecule has 10 nitrogen and oxygen atoms in total. The number of aliphatic carboxylic acids is 1. The molecule has 10 heteroatoms. The Balaban J connectivity index is 1.43. The minimum atomic E-state index is -1.05. The normalized spacial score (nSPS) is 18.4. The maximum absolute atomic E-state index is 12.4. The van der Waals surface area contributed by atoms with Crippen LogP contribution in [-0.4, -0.2) is 102 Å². The highest BCUT2D eigenvalue weighted by Crippen LogP contribution is 2.20. The van der Waals surface area contributed by atoms with Crippen LogP contribution in [0.3, 0.4) is 0 Å². The van der Waals surface area contributed by atoms with E-state index in [1.54, 1.807) is 7.11 Å². The molecule has 2 amide bonds. The summed E-state index contributed by atoms with van der Waals surface area (Å²) in [5, 5.41) is 25.2. The molecule has 2 aliphatic heterocycles. The number of anilines is 1. The lowest BCUT2D eigenvalue weighted by Crippen LogP contribution is -2.48. The van der Waals surface area contributed by atoms with Crippen molar-refractivity contribution in [3.8, 4) is 0 Å². The average molecular weight is 478 g/mol. The number of methoxy groups -OCH3 is 1. The number of carboxylic acid groups (broad SMARTS) is 1. The molecule has 0 radical (unpaired) electrons. The van der Waals surface area contributed by atoms with Crippen LogP contribution in [0.4, 0.5) is 10.6 Å². The van der Waals surface area contributed by atoms with Crippen LogP contribution in [0.25, 0.3) is 0 Å². The van der Waals surface area contributed by atoms with Gasteiger partial charge in [-0.2, -0.15) is 0 Å². The standard InChI is InChI=1S/C24H39N5O5/c1-34-16-15-28(12-3-2-6-19-8-7-18-5-4-11-25-22(18)26-19)13-10-21(23(31)32)27-24(33)29-14-9-20(30)17-29/h7-8,20-21,30H,2-6,9-17H2,1H3,(H,25,26)(H,27,33)(H,31,32)/t20-,21-/m0/s1. The molecular weight excluding hydrogens is 438 g/mol. The molecular formula is C24H39N5O5. The molecule has 0 aliphatic carbocycles. The van der Waals surface area contributed by atoms with Gasteiger partial charge in [0.25, 0.3) is 0 Å². The lowest BCUT2D eigenvalue weighted by Gasteiger charge is -2.25. The second-order valence-corrected chi connectivity index (χ2v) is 9.15. The zero-order valence-electron chi connectivity index (χ0n) is 20.2. The fourth-order valence-corrected chi connectivity index (χ4v) is 4.44. The molecule has 1 fully saturated rings. The second kappa shape index (κ2) is 13.5. The highest BCUT2D eigenvalue weighted by molar-refractivity contribution is 5.82. The summed E-state index contributed by atoms with van der Waals surface area (Å²) in [7, 11) is 1.65. The number of fused-ring (bicyclic) bond motifs is 1. The Labute approximate surface area is 201 Å². The zero-order chi connectivity index (χ0) is 24.3. The molecule has 2 atom stereocenters. The Morgan fingerprint density at radius 2 is 2.18 bits per heavy atom. The summed E-state index contributed by atoms with van der Waals surface area (Å²) >= 11 is 0. The Kier molecular flexibility index (Phi) is 10.4. The highest BCUT2D eigenvalue weighted by Gasteiger charge is 2.28. The number of pyridine rings is 1. The third-order valence-electron chi connectivity index (χ3n) is 6.50. The van der Waals surface area contributed by atoms with Gasteiger partial charge in [0.2, 0.25) is 0 Å². The van der Waals surface area contributed by atoms with Crippen molar-refractivity contribution in [3.63, 3.8) is 0 Å². The summed E-state index contributed by atoms with van der Waals surface area (Å²) in [6.45, 7) is 4.30. The van der Waals surface area contributed by atoms with Gasteiger partial charge in [-0.25, -0.2) is 14.6 Å². The topological polar surface area (TPSA) is 127 Å². The summed E-state index contributed by atoms with van der Waals surface area (Å²) in [5.74, 6) is -0.0254. The Morgan fingerprint density at radius 1 is 1.32 bits per heavy atom. The SMILES string of the molecule is COCCN(CCCCc1ccc2c(n1)NCCC2)CC[C@H](NC(=O)N1CC[C@H](O)C1)C(=O)O. The van der Waals surface area contributed by atoms with E-state index in [0.29, 0.717) is 39.1 Å². The van der Waals surface area contributed by atoms with Gasteiger partial charge in [-0.3, -0.25) is 0 Å². The van der Waals surface area contributed by atoms with E-state index in [-0.39, 0.29) is 6.54 Å². The van der Waals surface area contributed by atoms with Gasteiger partial charge in [-0.05, 0) is 63.1 Å². The number of carboxylic acids is 1. The molecule has 3 rings (SSSR count). The molecule has 190 valence electrons.